The lowest BCUT2D eigenvalue weighted by molar-refractivity contribution is 0.309. The summed E-state index contributed by atoms with van der Waals surface area (Å²) in [4.78, 5) is 2.45. The van der Waals surface area contributed by atoms with E-state index in [-0.39, 0.29) is 0 Å². The zero-order chi connectivity index (χ0) is 12.9. The van der Waals surface area contributed by atoms with Gasteiger partial charge in [-0.2, -0.15) is 0 Å². The van der Waals surface area contributed by atoms with Crippen molar-refractivity contribution in [3.8, 4) is 0 Å². The van der Waals surface area contributed by atoms with Crippen LogP contribution in [0, 0.1) is 0 Å². The fourth-order valence-corrected chi connectivity index (χ4v) is 2.36. The van der Waals surface area contributed by atoms with Crippen molar-refractivity contribution in [2.24, 2.45) is 0 Å². The van der Waals surface area contributed by atoms with E-state index in [1.165, 1.54) is 5.56 Å². The van der Waals surface area contributed by atoms with Crippen molar-refractivity contribution in [1.82, 2.24) is 19.7 Å². The molecule has 0 fully saturated rings. The Bertz CT molecular complexity index is 522. The van der Waals surface area contributed by atoms with Crippen LogP contribution in [0.4, 0.5) is 0 Å². The molecule has 1 aliphatic rings. The molecule has 2 heterocycles. The molecule has 19 heavy (non-hydrogen) atoms. The van der Waals surface area contributed by atoms with Crippen LogP contribution < -0.4 is 0 Å². The van der Waals surface area contributed by atoms with Crippen LogP contribution in [-0.2, 0) is 13.0 Å². The Morgan fingerprint density at radius 1 is 1.11 bits per heavy atom. The molecule has 0 aliphatic carbocycles. The maximum absolute atomic E-state index is 4.15. The van der Waals surface area contributed by atoms with Gasteiger partial charge in [0.1, 0.15) is 12.2 Å². The smallest absolute Gasteiger partial charge is 0.134 e. The second-order valence-corrected chi connectivity index (χ2v) is 4.80. The number of rotatable bonds is 3. The molecule has 1 aliphatic heterocycles. The molecule has 4 heteroatoms. The van der Waals surface area contributed by atoms with Crippen LogP contribution in [-0.4, -0.2) is 39.3 Å². The van der Waals surface area contributed by atoms with Crippen LogP contribution in [0.15, 0.2) is 42.7 Å². The molecule has 0 N–H and O–H groups in total. The largest absolute Gasteiger partial charge is 0.316 e. The van der Waals surface area contributed by atoms with Crippen molar-refractivity contribution in [3.05, 3.63) is 54.1 Å². The summed E-state index contributed by atoms with van der Waals surface area (Å²) in [6.07, 6.45) is 7.24. The third kappa shape index (κ3) is 3.09. The second kappa shape index (κ2) is 5.80. The number of aromatic nitrogens is 3. The third-order valence-corrected chi connectivity index (χ3v) is 3.48. The van der Waals surface area contributed by atoms with Crippen molar-refractivity contribution in [2.45, 2.75) is 13.0 Å². The van der Waals surface area contributed by atoms with Gasteiger partial charge in [-0.25, -0.2) is 0 Å². The SMILES string of the molecule is C(=C\c1ccccc1)/CN1CCc2nncn2CC1. The third-order valence-electron chi connectivity index (χ3n) is 3.48. The molecule has 0 saturated carbocycles. The Morgan fingerprint density at radius 3 is 2.89 bits per heavy atom. The highest BCUT2D eigenvalue weighted by molar-refractivity contribution is 5.48. The maximum atomic E-state index is 4.15. The lowest BCUT2D eigenvalue weighted by Gasteiger charge is -2.16. The summed E-state index contributed by atoms with van der Waals surface area (Å²) in [5.74, 6) is 1.11. The number of hydrogen-bond acceptors (Lipinski definition) is 3. The summed E-state index contributed by atoms with van der Waals surface area (Å²) >= 11 is 0. The van der Waals surface area contributed by atoms with Gasteiger partial charge in [0.05, 0.1) is 0 Å². The van der Waals surface area contributed by atoms with E-state index in [9.17, 15) is 0 Å². The van der Waals surface area contributed by atoms with Gasteiger partial charge in [0.15, 0.2) is 0 Å². The number of benzene rings is 1. The van der Waals surface area contributed by atoms with Crippen LogP contribution in [0.1, 0.15) is 11.4 Å². The first kappa shape index (κ1) is 12.1. The summed E-state index contributed by atoms with van der Waals surface area (Å²) < 4.78 is 2.15. The highest BCUT2D eigenvalue weighted by Crippen LogP contribution is 2.06. The van der Waals surface area contributed by atoms with Crippen LogP contribution in [0.25, 0.3) is 6.08 Å². The molecule has 1 aromatic heterocycles. The van der Waals surface area contributed by atoms with Crippen LogP contribution in [0.2, 0.25) is 0 Å². The summed E-state index contributed by atoms with van der Waals surface area (Å²) in [7, 11) is 0. The van der Waals surface area contributed by atoms with E-state index in [0.29, 0.717) is 0 Å². The van der Waals surface area contributed by atoms with Gasteiger partial charge in [-0.05, 0) is 5.56 Å². The quantitative estimate of drug-likeness (QED) is 0.838. The Morgan fingerprint density at radius 2 is 2.00 bits per heavy atom. The summed E-state index contributed by atoms with van der Waals surface area (Å²) in [6.45, 7) is 4.09. The molecule has 1 aromatic carbocycles. The molecule has 2 aromatic rings. The van der Waals surface area contributed by atoms with E-state index in [1.54, 1.807) is 0 Å². The lowest BCUT2D eigenvalue weighted by atomic mass is 10.2. The van der Waals surface area contributed by atoms with E-state index < -0.39 is 0 Å². The normalized spacial score (nSPS) is 16.4. The highest BCUT2D eigenvalue weighted by Gasteiger charge is 2.13. The predicted molar refractivity (Wildman–Crippen MR) is 75.6 cm³/mol. The van der Waals surface area contributed by atoms with E-state index in [2.05, 4.69) is 56.1 Å². The minimum Gasteiger partial charge on any atom is -0.316 e. The standard InChI is InChI=1S/C15H18N4/c1-2-5-14(6-3-1)7-4-9-18-10-8-15-17-16-13-19(15)12-11-18/h1-7,13H,8-12H2/b7-4+. The van der Waals surface area contributed by atoms with Gasteiger partial charge in [0, 0.05) is 32.6 Å². The Labute approximate surface area is 113 Å². The molecule has 0 spiro atoms. The van der Waals surface area contributed by atoms with Gasteiger partial charge in [-0.15, -0.1) is 10.2 Å². The van der Waals surface area contributed by atoms with E-state index in [4.69, 9.17) is 0 Å². The fourth-order valence-electron chi connectivity index (χ4n) is 2.36. The monoisotopic (exact) mass is 254 g/mol. The van der Waals surface area contributed by atoms with Gasteiger partial charge in [-0.3, -0.25) is 4.90 Å². The fraction of sp³-hybridized carbons (Fsp3) is 0.333. The van der Waals surface area contributed by atoms with E-state index in [0.717, 1.165) is 38.4 Å². The minimum atomic E-state index is 0.985. The average molecular weight is 254 g/mol. The van der Waals surface area contributed by atoms with Crippen molar-refractivity contribution >= 4 is 6.08 Å². The lowest BCUT2D eigenvalue weighted by Crippen LogP contribution is -2.27. The average Bonchev–Trinajstić information content (AvgIpc) is 2.82. The van der Waals surface area contributed by atoms with Crippen LogP contribution in [0.5, 0.6) is 0 Å². The van der Waals surface area contributed by atoms with Gasteiger partial charge >= 0.3 is 0 Å². The first-order chi connectivity index (χ1) is 9.42. The molecule has 0 bridgehead atoms. The first-order valence-corrected chi connectivity index (χ1v) is 6.72. The zero-order valence-electron chi connectivity index (χ0n) is 10.9. The summed E-state index contributed by atoms with van der Waals surface area (Å²) in [5.41, 5.74) is 1.26. The van der Waals surface area contributed by atoms with Crippen molar-refractivity contribution < 1.29 is 0 Å². The zero-order valence-corrected chi connectivity index (χ0v) is 10.9. The minimum absolute atomic E-state index is 0.985. The second-order valence-electron chi connectivity index (χ2n) is 4.80. The Hall–Kier alpha value is -1.94. The predicted octanol–water partition coefficient (Wildman–Crippen LogP) is 1.85. The topological polar surface area (TPSA) is 34.0 Å². The molecule has 3 rings (SSSR count). The van der Waals surface area contributed by atoms with Gasteiger partial charge in [-0.1, -0.05) is 42.5 Å². The van der Waals surface area contributed by atoms with Crippen molar-refractivity contribution in [3.63, 3.8) is 0 Å². The number of hydrogen-bond donors (Lipinski definition) is 0. The van der Waals surface area contributed by atoms with E-state index in [1.807, 2.05) is 12.4 Å². The number of fused-ring (bicyclic) bond motifs is 1. The van der Waals surface area contributed by atoms with Crippen molar-refractivity contribution in [2.75, 3.05) is 19.6 Å². The molecule has 0 saturated heterocycles. The number of nitrogens with zero attached hydrogens (tertiary/aromatic N) is 4. The molecule has 98 valence electrons. The maximum Gasteiger partial charge on any atom is 0.134 e. The highest BCUT2D eigenvalue weighted by atomic mass is 15.3. The van der Waals surface area contributed by atoms with Gasteiger partial charge < -0.3 is 4.57 Å². The Kier molecular flexibility index (Phi) is 3.70. The van der Waals surface area contributed by atoms with Gasteiger partial charge in [0.25, 0.3) is 0 Å². The van der Waals surface area contributed by atoms with Gasteiger partial charge in [0.2, 0.25) is 0 Å². The summed E-state index contributed by atoms with van der Waals surface area (Å²) in [5, 5.41) is 8.10. The molecular formula is C15H18N4. The van der Waals surface area contributed by atoms with Crippen molar-refractivity contribution in [1.29, 1.82) is 0 Å². The van der Waals surface area contributed by atoms with E-state index >= 15 is 0 Å². The Balaban J connectivity index is 1.54. The molecular weight excluding hydrogens is 236 g/mol. The van der Waals surface area contributed by atoms with Crippen LogP contribution in [0.3, 0.4) is 0 Å². The molecule has 0 amide bonds. The summed E-state index contributed by atoms with van der Waals surface area (Å²) in [6, 6.07) is 10.4. The first-order valence-electron chi connectivity index (χ1n) is 6.72. The molecule has 0 radical (unpaired) electrons. The van der Waals surface area contributed by atoms with Crippen LogP contribution >= 0.6 is 0 Å². The molecule has 0 unspecified atom stereocenters. The molecule has 0 atom stereocenters. The molecule has 4 nitrogen and oxygen atoms in total.